The van der Waals surface area contributed by atoms with Crippen molar-refractivity contribution in [3.05, 3.63) is 28.2 Å². The molecule has 0 saturated carbocycles. The van der Waals surface area contributed by atoms with E-state index in [1.54, 1.807) is 18.2 Å². The van der Waals surface area contributed by atoms with Crippen molar-refractivity contribution in [1.29, 1.82) is 0 Å². The number of nitrogens with one attached hydrogen (secondary N) is 1. The Balaban J connectivity index is 2.33. The third-order valence-corrected chi connectivity index (χ3v) is 3.12. The van der Waals surface area contributed by atoms with Crippen molar-refractivity contribution in [3.8, 4) is 0 Å². The number of carbonyl (C=O) groups excluding carboxylic acids is 1. The molecule has 0 aliphatic carbocycles. The van der Waals surface area contributed by atoms with E-state index in [1.807, 2.05) is 0 Å². The third kappa shape index (κ3) is 5.96. The Bertz CT molecular complexity index is 449. The van der Waals surface area contributed by atoms with Crippen molar-refractivity contribution in [2.24, 2.45) is 0 Å². The molecule has 106 valence electrons. The topological polar surface area (TPSA) is 55.1 Å². The Kier molecular flexibility index (Phi) is 5.65. The number of benzene rings is 1. The zero-order chi connectivity index (χ0) is 14.5. The minimum Gasteiger partial charge on any atom is -0.398 e. The van der Waals surface area contributed by atoms with Crippen LogP contribution in [0.1, 0.15) is 29.6 Å². The van der Waals surface area contributed by atoms with Gasteiger partial charge in [-0.2, -0.15) is 13.2 Å². The van der Waals surface area contributed by atoms with Gasteiger partial charge < -0.3 is 11.1 Å². The molecule has 0 bridgehead atoms. The van der Waals surface area contributed by atoms with Crippen LogP contribution in [0.4, 0.5) is 18.9 Å². The summed E-state index contributed by atoms with van der Waals surface area (Å²) in [5, 5.41) is 2.56. The molecule has 1 aromatic rings. The first-order chi connectivity index (χ1) is 8.79. The Morgan fingerprint density at radius 1 is 1.32 bits per heavy atom. The number of rotatable bonds is 5. The fourth-order valence-electron chi connectivity index (χ4n) is 1.42. The molecular weight excluding hydrogens is 325 g/mol. The zero-order valence-electron chi connectivity index (χ0n) is 10.1. The molecule has 0 aliphatic heterocycles. The molecule has 1 amide bonds. The fraction of sp³-hybridized carbons (Fsp3) is 0.417. The summed E-state index contributed by atoms with van der Waals surface area (Å²) in [5.41, 5.74) is 6.51. The lowest BCUT2D eigenvalue weighted by Gasteiger charge is -2.08. The van der Waals surface area contributed by atoms with Crippen molar-refractivity contribution in [2.45, 2.75) is 25.4 Å². The number of halogens is 4. The molecule has 3 nitrogen and oxygen atoms in total. The minimum absolute atomic E-state index is 0.00914. The highest BCUT2D eigenvalue weighted by Crippen LogP contribution is 2.22. The maximum absolute atomic E-state index is 11.9. The van der Waals surface area contributed by atoms with Gasteiger partial charge in [-0.05, 0) is 47.0 Å². The van der Waals surface area contributed by atoms with E-state index < -0.39 is 12.6 Å². The van der Waals surface area contributed by atoms with E-state index in [0.717, 1.165) is 0 Å². The number of nitrogens with two attached hydrogens (primary N) is 1. The second-order valence-corrected chi connectivity index (χ2v) is 4.92. The van der Waals surface area contributed by atoms with Gasteiger partial charge in [0, 0.05) is 28.7 Å². The molecule has 0 fully saturated rings. The van der Waals surface area contributed by atoms with E-state index in [-0.39, 0.29) is 18.9 Å². The first-order valence-corrected chi connectivity index (χ1v) is 6.49. The summed E-state index contributed by atoms with van der Waals surface area (Å²) in [6.45, 7) is 0.219. The molecule has 0 saturated heterocycles. The molecule has 7 heteroatoms. The Labute approximate surface area is 117 Å². The van der Waals surface area contributed by atoms with Crippen LogP contribution in [0.3, 0.4) is 0 Å². The van der Waals surface area contributed by atoms with Gasteiger partial charge in [0.25, 0.3) is 5.91 Å². The predicted octanol–water partition coefficient (Wildman–Crippen LogP) is 3.49. The van der Waals surface area contributed by atoms with E-state index in [1.165, 1.54) is 0 Å². The summed E-state index contributed by atoms with van der Waals surface area (Å²) in [5.74, 6) is -0.326. The summed E-state index contributed by atoms with van der Waals surface area (Å²) in [7, 11) is 0. The SMILES string of the molecule is Nc1ccc(C(=O)NCCCCC(F)(F)F)cc1Br. The number of alkyl halides is 3. The summed E-state index contributed by atoms with van der Waals surface area (Å²) in [6, 6.07) is 4.72. The molecule has 0 spiro atoms. The van der Waals surface area contributed by atoms with Crippen LogP contribution in [0.25, 0.3) is 0 Å². The Hall–Kier alpha value is -1.24. The predicted molar refractivity (Wildman–Crippen MR) is 70.8 cm³/mol. The first kappa shape index (κ1) is 15.8. The van der Waals surface area contributed by atoms with Crippen LogP contribution in [0.15, 0.2) is 22.7 Å². The molecule has 0 aliphatic rings. The molecule has 0 unspecified atom stereocenters. The fourth-order valence-corrected chi connectivity index (χ4v) is 1.80. The number of hydrogen-bond donors (Lipinski definition) is 2. The number of amides is 1. The molecular formula is C12H14BrF3N2O. The molecule has 0 aromatic heterocycles. The van der Waals surface area contributed by atoms with Gasteiger partial charge in [0.15, 0.2) is 0 Å². The van der Waals surface area contributed by atoms with Crippen molar-refractivity contribution < 1.29 is 18.0 Å². The average Bonchev–Trinajstić information content (AvgIpc) is 2.30. The summed E-state index contributed by atoms with van der Waals surface area (Å²) >= 11 is 3.20. The van der Waals surface area contributed by atoms with Gasteiger partial charge in [0.1, 0.15) is 0 Å². The Morgan fingerprint density at radius 2 is 2.00 bits per heavy atom. The van der Waals surface area contributed by atoms with Gasteiger partial charge >= 0.3 is 6.18 Å². The molecule has 0 heterocycles. The average molecular weight is 339 g/mol. The lowest BCUT2D eigenvalue weighted by atomic mass is 10.2. The quantitative estimate of drug-likeness (QED) is 0.637. The normalized spacial score (nSPS) is 11.4. The molecule has 1 rings (SSSR count). The van der Waals surface area contributed by atoms with Crippen LogP contribution < -0.4 is 11.1 Å². The number of nitrogen functional groups attached to an aromatic ring is 1. The van der Waals surface area contributed by atoms with Crippen LogP contribution in [-0.2, 0) is 0 Å². The van der Waals surface area contributed by atoms with Crippen molar-refractivity contribution >= 4 is 27.5 Å². The van der Waals surface area contributed by atoms with Crippen molar-refractivity contribution in [1.82, 2.24) is 5.32 Å². The monoisotopic (exact) mass is 338 g/mol. The summed E-state index contributed by atoms with van der Waals surface area (Å²) in [4.78, 5) is 11.7. The van der Waals surface area contributed by atoms with Gasteiger partial charge in [0.2, 0.25) is 0 Å². The van der Waals surface area contributed by atoms with Gasteiger partial charge in [0.05, 0.1) is 0 Å². The lowest BCUT2D eigenvalue weighted by Crippen LogP contribution is -2.24. The van der Waals surface area contributed by atoms with Crippen LogP contribution >= 0.6 is 15.9 Å². The van der Waals surface area contributed by atoms with E-state index >= 15 is 0 Å². The summed E-state index contributed by atoms with van der Waals surface area (Å²) < 4.78 is 36.3. The molecule has 1 aromatic carbocycles. The number of anilines is 1. The van der Waals surface area contributed by atoms with E-state index in [2.05, 4.69) is 21.2 Å². The number of hydrogen-bond acceptors (Lipinski definition) is 2. The van der Waals surface area contributed by atoms with Crippen LogP contribution in [0.5, 0.6) is 0 Å². The van der Waals surface area contributed by atoms with Crippen molar-refractivity contribution in [2.75, 3.05) is 12.3 Å². The van der Waals surface area contributed by atoms with Crippen LogP contribution in [0, 0.1) is 0 Å². The molecule has 0 radical (unpaired) electrons. The molecule has 19 heavy (non-hydrogen) atoms. The van der Waals surface area contributed by atoms with Crippen LogP contribution in [-0.4, -0.2) is 18.6 Å². The standard InChI is InChI=1S/C12H14BrF3N2O/c13-9-7-8(3-4-10(9)17)11(19)18-6-2-1-5-12(14,15)16/h3-4,7H,1-2,5-6,17H2,(H,18,19). The zero-order valence-corrected chi connectivity index (χ0v) is 11.6. The van der Waals surface area contributed by atoms with Crippen molar-refractivity contribution in [3.63, 3.8) is 0 Å². The molecule has 0 atom stereocenters. The number of unbranched alkanes of at least 4 members (excludes halogenated alkanes) is 1. The van der Waals surface area contributed by atoms with E-state index in [4.69, 9.17) is 5.73 Å². The molecule has 3 N–H and O–H groups in total. The number of carbonyl (C=O) groups is 1. The smallest absolute Gasteiger partial charge is 0.389 e. The second-order valence-electron chi connectivity index (χ2n) is 4.06. The maximum Gasteiger partial charge on any atom is 0.389 e. The third-order valence-electron chi connectivity index (χ3n) is 2.44. The second kappa shape index (κ2) is 6.79. The minimum atomic E-state index is -4.13. The maximum atomic E-state index is 11.9. The van der Waals surface area contributed by atoms with E-state index in [0.29, 0.717) is 22.1 Å². The highest BCUT2D eigenvalue weighted by atomic mass is 79.9. The lowest BCUT2D eigenvalue weighted by molar-refractivity contribution is -0.135. The van der Waals surface area contributed by atoms with E-state index in [9.17, 15) is 18.0 Å². The van der Waals surface area contributed by atoms with Gasteiger partial charge in [-0.3, -0.25) is 4.79 Å². The Morgan fingerprint density at radius 3 is 2.58 bits per heavy atom. The largest absolute Gasteiger partial charge is 0.398 e. The highest BCUT2D eigenvalue weighted by Gasteiger charge is 2.25. The van der Waals surface area contributed by atoms with Gasteiger partial charge in [-0.1, -0.05) is 0 Å². The summed E-state index contributed by atoms with van der Waals surface area (Å²) in [6.07, 6.45) is -4.65. The van der Waals surface area contributed by atoms with Gasteiger partial charge in [-0.25, -0.2) is 0 Å². The highest BCUT2D eigenvalue weighted by molar-refractivity contribution is 9.10. The first-order valence-electron chi connectivity index (χ1n) is 5.69. The van der Waals surface area contributed by atoms with Crippen LogP contribution in [0.2, 0.25) is 0 Å². The van der Waals surface area contributed by atoms with Gasteiger partial charge in [-0.15, -0.1) is 0 Å².